The summed E-state index contributed by atoms with van der Waals surface area (Å²) in [5.41, 5.74) is -1.61. The number of hydrogen-bond acceptors (Lipinski definition) is 5. The molecule has 0 bridgehead atoms. The van der Waals surface area contributed by atoms with Gasteiger partial charge in [-0.3, -0.25) is 20.2 Å². The molecule has 2 aromatic carbocycles. The van der Waals surface area contributed by atoms with Gasteiger partial charge in [0.25, 0.3) is 11.6 Å². The molecule has 31 heavy (non-hydrogen) atoms. The molecule has 0 saturated carbocycles. The molecule has 0 spiro atoms. The Balaban J connectivity index is 1.67. The lowest BCUT2D eigenvalue weighted by Gasteiger charge is -2.35. The number of nitrogens with one attached hydrogen (secondary N) is 1. The lowest BCUT2D eigenvalue weighted by molar-refractivity contribution is -0.384. The summed E-state index contributed by atoms with van der Waals surface area (Å²) in [4.78, 5) is 37.9. The van der Waals surface area contributed by atoms with Gasteiger partial charge in [-0.25, -0.2) is 4.79 Å². The molecule has 1 saturated heterocycles. The Morgan fingerprint density at radius 2 is 1.71 bits per heavy atom. The maximum atomic E-state index is 12.9. The molecule has 1 heterocycles. The number of rotatable bonds is 3. The zero-order valence-electron chi connectivity index (χ0n) is 15.9. The fraction of sp³-hybridized carbons (Fsp3) is 0.263. The van der Waals surface area contributed by atoms with E-state index in [-0.39, 0.29) is 42.5 Å². The summed E-state index contributed by atoms with van der Waals surface area (Å²) in [5, 5.41) is 13.7. The Kier molecular flexibility index (Phi) is 6.34. The van der Waals surface area contributed by atoms with Crippen LogP contribution in [0.1, 0.15) is 15.9 Å². The summed E-state index contributed by atoms with van der Waals surface area (Å²) in [6.07, 6.45) is -4.70. The van der Waals surface area contributed by atoms with Crippen LogP contribution in [0.5, 0.6) is 0 Å². The number of nitro groups is 1. The molecule has 1 fully saturated rings. The Morgan fingerprint density at radius 1 is 1.06 bits per heavy atom. The molecule has 164 valence electrons. The number of anilines is 1. The maximum Gasteiger partial charge on any atom is 0.416 e. The molecule has 1 aliphatic heterocycles. The van der Waals surface area contributed by atoms with Gasteiger partial charge in [0, 0.05) is 32.2 Å². The summed E-state index contributed by atoms with van der Waals surface area (Å²) in [7, 11) is 0. The second-order valence-corrected chi connectivity index (χ2v) is 7.08. The predicted octanol–water partition coefficient (Wildman–Crippen LogP) is 3.94. The number of amides is 3. The molecule has 0 aromatic heterocycles. The third kappa shape index (κ3) is 5.05. The van der Waals surface area contributed by atoms with Gasteiger partial charge in [-0.1, -0.05) is 23.7 Å². The fourth-order valence-electron chi connectivity index (χ4n) is 3.15. The van der Waals surface area contributed by atoms with E-state index in [1.807, 2.05) is 0 Å². The van der Waals surface area contributed by atoms with E-state index in [1.54, 1.807) is 12.1 Å². The van der Waals surface area contributed by atoms with Crippen LogP contribution in [-0.4, -0.2) is 47.9 Å². The molecular formula is C19H16ClF3N4O4. The Labute approximate surface area is 179 Å². The van der Waals surface area contributed by atoms with Crippen molar-refractivity contribution < 1.29 is 27.7 Å². The van der Waals surface area contributed by atoms with Crippen molar-refractivity contribution in [3.05, 3.63) is 68.7 Å². The standard InChI is InChI=1S/C19H16ClF3N4O4/c20-14-4-2-1-3-13(14)17(28)24-18(29)26-9-7-25(8-10-26)15-6-5-12(19(21,22)23)11-16(15)27(30)31/h1-6,11H,7-10H2,(H,24,28,29). The number of hydrogen-bond donors (Lipinski definition) is 1. The van der Waals surface area contributed by atoms with Crippen molar-refractivity contribution in [2.24, 2.45) is 0 Å². The lowest BCUT2D eigenvalue weighted by atomic mass is 10.1. The molecule has 8 nitrogen and oxygen atoms in total. The van der Waals surface area contributed by atoms with E-state index < -0.39 is 34.3 Å². The highest BCUT2D eigenvalue weighted by molar-refractivity contribution is 6.34. The summed E-state index contributed by atoms with van der Waals surface area (Å²) < 4.78 is 38.6. The average Bonchev–Trinajstić information content (AvgIpc) is 2.73. The number of piperazine rings is 1. The van der Waals surface area contributed by atoms with E-state index in [2.05, 4.69) is 5.32 Å². The minimum absolute atomic E-state index is 0.0326. The van der Waals surface area contributed by atoms with Crippen LogP contribution in [0.15, 0.2) is 42.5 Å². The first-order valence-corrected chi connectivity index (χ1v) is 9.41. The van der Waals surface area contributed by atoms with Crippen molar-refractivity contribution >= 4 is 34.9 Å². The van der Waals surface area contributed by atoms with Crippen LogP contribution in [-0.2, 0) is 6.18 Å². The maximum absolute atomic E-state index is 12.9. The van der Waals surface area contributed by atoms with Crippen LogP contribution >= 0.6 is 11.6 Å². The topological polar surface area (TPSA) is 95.8 Å². The molecule has 2 aromatic rings. The normalized spacial score (nSPS) is 14.3. The van der Waals surface area contributed by atoms with Gasteiger partial charge in [0.1, 0.15) is 5.69 Å². The number of urea groups is 1. The highest BCUT2D eigenvalue weighted by Gasteiger charge is 2.34. The molecule has 0 aliphatic carbocycles. The monoisotopic (exact) mass is 456 g/mol. The van der Waals surface area contributed by atoms with E-state index in [0.29, 0.717) is 6.07 Å². The first-order valence-electron chi connectivity index (χ1n) is 9.03. The Bertz CT molecular complexity index is 1020. The minimum Gasteiger partial charge on any atom is -0.362 e. The van der Waals surface area contributed by atoms with Crippen molar-refractivity contribution in [2.45, 2.75) is 6.18 Å². The number of nitrogens with zero attached hydrogens (tertiary/aromatic N) is 3. The second kappa shape index (κ2) is 8.80. The Morgan fingerprint density at radius 3 is 2.29 bits per heavy atom. The summed E-state index contributed by atoms with van der Waals surface area (Å²) in [6, 6.07) is 7.88. The van der Waals surface area contributed by atoms with Gasteiger partial charge < -0.3 is 9.80 Å². The van der Waals surface area contributed by atoms with Crippen LogP contribution in [0.3, 0.4) is 0 Å². The van der Waals surface area contributed by atoms with E-state index in [1.165, 1.54) is 21.9 Å². The average molecular weight is 457 g/mol. The van der Waals surface area contributed by atoms with Gasteiger partial charge in [0.15, 0.2) is 0 Å². The zero-order chi connectivity index (χ0) is 22.8. The van der Waals surface area contributed by atoms with Gasteiger partial charge in [0.05, 0.1) is 21.1 Å². The number of imide groups is 1. The molecular weight excluding hydrogens is 441 g/mol. The largest absolute Gasteiger partial charge is 0.416 e. The van der Waals surface area contributed by atoms with Crippen molar-refractivity contribution in [1.29, 1.82) is 0 Å². The summed E-state index contributed by atoms with van der Waals surface area (Å²) >= 11 is 5.94. The van der Waals surface area contributed by atoms with Crippen LogP contribution in [0.2, 0.25) is 5.02 Å². The van der Waals surface area contributed by atoms with Crippen LogP contribution < -0.4 is 10.2 Å². The Hall–Kier alpha value is -3.34. The van der Waals surface area contributed by atoms with Gasteiger partial charge >= 0.3 is 12.2 Å². The molecule has 0 atom stereocenters. The molecule has 0 unspecified atom stereocenters. The number of alkyl halides is 3. The fourth-order valence-corrected chi connectivity index (χ4v) is 3.37. The minimum atomic E-state index is -4.70. The first-order chi connectivity index (χ1) is 14.6. The summed E-state index contributed by atoms with van der Waals surface area (Å²) in [5.74, 6) is -0.670. The summed E-state index contributed by atoms with van der Waals surface area (Å²) in [6.45, 7) is 0.499. The molecule has 12 heteroatoms. The quantitative estimate of drug-likeness (QED) is 0.557. The smallest absolute Gasteiger partial charge is 0.362 e. The molecule has 0 radical (unpaired) electrons. The molecule has 1 N–H and O–H groups in total. The van der Waals surface area contributed by atoms with Gasteiger partial charge in [-0.15, -0.1) is 0 Å². The highest BCUT2D eigenvalue weighted by Crippen LogP contribution is 2.36. The highest BCUT2D eigenvalue weighted by atomic mass is 35.5. The van der Waals surface area contributed by atoms with Gasteiger partial charge in [-0.2, -0.15) is 13.2 Å². The number of nitro benzene ring substituents is 1. The van der Waals surface area contributed by atoms with Crippen LogP contribution in [0, 0.1) is 10.1 Å². The van der Waals surface area contributed by atoms with Crippen molar-refractivity contribution in [2.75, 3.05) is 31.1 Å². The SMILES string of the molecule is O=C(NC(=O)N1CCN(c2ccc(C(F)(F)F)cc2[N+](=O)[O-])CC1)c1ccccc1Cl. The zero-order valence-corrected chi connectivity index (χ0v) is 16.6. The van der Waals surface area contributed by atoms with Gasteiger partial charge in [0.2, 0.25) is 0 Å². The van der Waals surface area contributed by atoms with Crippen molar-refractivity contribution in [3.8, 4) is 0 Å². The number of halogens is 4. The van der Waals surface area contributed by atoms with E-state index in [0.717, 1.165) is 12.1 Å². The number of carbonyl (C=O) groups is 2. The van der Waals surface area contributed by atoms with Gasteiger partial charge in [-0.05, 0) is 24.3 Å². The van der Waals surface area contributed by atoms with E-state index >= 15 is 0 Å². The number of benzene rings is 2. The van der Waals surface area contributed by atoms with Crippen LogP contribution in [0.4, 0.5) is 29.3 Å². The molecule has 3 rings (SSSR count). The molecule has 1 aliphatic rings. The third-order valence-corrected chi connectivity index (χ3v) is 5.08. The molecule has 3 amide bonds. The number of carbonyl (C=O) groups excluding carboxylic acids is 2. The van der Waals surface area contributed by atoms with Crippen LogP contribution in [0.25, 0.3) is 0 Å². The van der Waals surface area contributed by atoms with Crippen molar-refractivity contribution in [1.82, 2.24) is 10.2 Å². The second-order valence-electron chi connectivity index (χ2n) is 6.67. The first kappa shape index (κ1) is 22.3. The van der Waals surface area contributed by atoms with E-state index in [9.17, 15) is 32.9 Å². The third-order valence-electron chi connectivity index (χ3n) is 4.75. The van der Waals surface area contributed by atoms with Crippen molar-refractivity contribution in [3.63, 3.8) is 0 Å². The predicted molar refractivity (Wildman–Crippen MR) is 106 cm³/mol. The van der Waals surface area contributed by atoms with E-state index in [4.69, 9.17) is 11.6 Å². The lowest BCUT2D eigenvalue weighted by Crippen LogP contribution is -2.53.